The highest BCUT2D eigenvalue weighted by Gasteiger charge is 2.43. The van der Waals surface area contributed by atoms with E-state index in [-0.39, 0.29) is 23.5 Å². The number of aliphatic hydroxyl groups is 1. The minimum absolute atomic E-state index is 0.0481. The van der Waals surface area contributed by atoms with Crippen LogP contribution in [0, 0.1) is 0 Å². The Balaban J connectivity index is 1.67. The van der Waals surface area contributed by atoms with Crippen LogP contribution in [0.2, 0.25) is 0 Å². The molecule has 8 N–H and O–H groups in total. The molecular formula is C10H16N5O13P3. The Kier molecular flexibility index (Phi) is 6.57. The molecule has 2 unspecified atom stereocenters. The predicted molar refractivity (Wildman–Crippen MR) is 96.9 cm³/mol. The van der Waals surface area contributed by atoms with Crippen molar-refractivity contribution >= 4 is 40.6 Å². The summed E-state index contributed by atoms with van der Waals surface area (Å²) in [6.07, 6.45) is -2.36. The Labute approximate surface area is 171 Å². The largest absolute Gasteiger partial charge is 0.490 e. The number of hydrogen-bond donors (Lipinski definition) is 7. The third kappa shape index (κ3) is 6.04. The van der Waals surface area contributed by atoms with Gasteiger partial charge in [-0.2, -0.15) is 13.6 Å². The first-order chi connectivity index (χ1) is 14.2. The van der Waals surface area contributed by atoms with E-state index in [1.54, 1.807) is 0 Å². The van der Waals surface area contributed by atoms with Gasteiger partial charge in [-0.05, 0) is 0 Å². The summed E-state index contributed by atoms with van der Waals surface area (Å²) in [5.74, 6) is -0.193. The van der Waals surface area contributed by atoms with Gasteiger partial charge in [0.1, 0.15) is 12.3 Å². The van der Waals surface area contributed by atoms with Crippen molar-refractivity contribution in [2.45, 2.75) is 24.9 Å². The summed E-state index contributed by atoms with van der Waals surface area (Å²) in [5.41, 5.74) is 4.89. The highest BCUT2D eigenvalue weighted by molar-refractivity contribution is 7.66. The van der Waals surface area contributed by atoms with E-state index >= 15 is 0 Å². The quantitative estimate of drug-likeness (QED) is 0.204. The molecule has 1 fully saturated rings. The highest BCUT2D eigenvalue weighted by atomic mass is 31.3. The van der Waals surface area contributed by atoms with E-state index in [0.29, 0.717) is 0 Å². The first-order valence-electron chi connectivity index (χ1n) is 8.00. The van der Waals surface area contributed by atoms with E-state index in [1.807, 2.05) is 0 Å². The Hall–Kier alpha value is -1.52. The van der Waals surface area contributed by atoms with Crippen molar-refractivity contribution in [3.63, 3.8) is 0 Å². The number of ether oxygens (including phenoxy) is 1. The number of aromatic nitrogens is 4. The first kappa shape index (κ1) is 24.1. The number of fused-ring (bicyclic) bond motifs is 1. The molecular weight excluding hydrogens is 491 g/mol. The summed E-state index contributed by atoms with van der Waals surface area (Å²) in [6.45, 7) is -0.843. The third-order valence-corrected chi connectivity index (χ3v) is 7.59. The summed E-state index contributed by atoms with van der Waals surface area (Å²) >= 11 is 0. The van der Waals surface area contributed by atoms with Crippen LogP contribution in [0.3, 0.4) is 0 Å². The molecule has 0 saturated carbocycles. The van der Waals surface area contributed by atoms with Crippen LogP contribution in [0.4, 0.5) is 5.95 Å². The third-order valence-electron chi connectivity index (χ3n) is 3.78. The van der Waals surface area contributed by atoms with Crippen molar-refractivity contribution < 1.29 is 56.3 Å². The van der Waals surface area contributed by atoms with Crippen molar-refractivity contribution in [1.29, 1.82) is 0 Å². The van der Waals surface area contributed by atoms with Crippen LogP contribution in [-0.2, 0) is 31.6 Å². The van der Waals surface area contributed by atoms with Gasteiger partial charge in [-0.3, -0.25) is 18.9 Å². The number of H-pyrrole nitrogens is 1. The molecule has 31 heavy (non-hydrogen) atoms. The van der Waals surface area contributed by atoms with Gasteiger partial charge in [0.2, 0.25) is 5.95 Å². The Morgan fingerprint density at radius 1 is 1.23 bits per heavy atom. The number of nitrogens with two attached hydrogens (primary N) is 1. The summed E-state index contributed by atoms with van der Waals surface area (Å²) in [4.78, 5) is 57.5. The fourth-order valence-corrected chi connectivity index (χ4v) is 5.69. The van der Waals surface area contributed by atoms with E-state index in [1.165, 1.54) is 10.9 Å². The first-order valence-corrected chi connectivity index (χ1v) is 12.5. The fourth-order valence-electron chi connectivity index (χ4n) is 2.66. The number of nitrogen functional groups attached to an aromatic ring is 1. The zero-order valence-electron chi connectivity index (χ0n) is 15.0. The van der Waals surface area contributed by atoms with E-state index in [4.69, 9.17) is 25.2 Å². The van der Waals surface area contributed by atoms with E-state index < -0.39 is 54.1 Å². The van der Waals surface area contributed by atoms with Crippen LogP contribution in [-0.4, -0.2) is 63.0 Å². The lowest BCUT2D eigenvalue weighted by molar-refractivity contribution is -0.0423. The second-order valence-electron chi connectivity index (χ2n) is 6.09. The topological polar surface area (TPSA) is 279 Å². The number of nitrogens with zero attached hydrogens (tertiary/aromatic N) is 3. The van der Waals surface area contributed by atoms with Gasteiger partial charge in [-0.15, -0.1) is 0 Å². The number of aromatic amines is 1. The average molecular weight is 507 g/mol. The van der Waals surface area contributed by atoms with E-state index in [0.717, 1.165) is 0 Å². The van der Waals surface area contributed by atoms with Gasteiger partial charge >= 0.3 is 23.5 Å². The number of nitrogens with one attached hydrogen (secondary N) is 1. The maximum absolute atomic E-state index is 11.8. The normalized spacial score (nSPS) is 26.0. The molecule has 21 heteroatoms. The zero-order valence-corrected chi connectivity index (χ0v) is 17.7. The fraction of sp³-hybridized carbons (Fsp3) is 0.500. The molecule has 0 amide bonds. The number of rotatable bonds is 8. The number of hydrogen-bond acceptors (Lipinski definition) is 12. The Morgan fingerprint density at radius 3 is 2.55 bits per heavy atom. The van der Waals surface area contributed by atoms with Crippen LogP contribution in [0.25, 0.3) is 11.2 Å². The molecule has 0 radical (unpaired) electrons. The number of imidazole rings is 1. The highest BCUT2D eigenvalue weighted by Crippen LogP contribution is 2.66. The molecule has 18 nitrogen and oxygen atoms in total. The van der Waals surface area contributed by atoms with Crippen LogP contribution in [0.1, 0.15) is 12.6 Å². The standard InChI is InChI=1S/C10H16N5O13P3/c11-10-13-8-7(9(17)14-10)12-3-15(8)6-1-4(16)5(26-6)2-25-30(21,22)28-31(23,24)27-29(18,19)20/h3-6,16H,1-2H2,(H,21,22)(H,23,24)(H2,18,19,20)(H3,11,13,14,17)/t4-,5-,6-/m0/s1. The number of aliphatic hydroxyl groups excluding tert-OH is 1. The van der Waals surface area contributed by atoms with Gasteiger partial charge < -0.3 is 35.2 Å². The van der Waals surface area contributed by atoms with Gasteiger partial charge in [0, 0.05) is 6.42 Å². The molecule has 2 aromatic rings. The predicted octanol–water partition coefficient (Wildman–Crippen LogP) is -1.31. The molecule has 0 spiro atoms. The van der Waals surface area contributed by atoms with Crippen molar-refractivity contribution in [2.24, 2.45) is 0 Å². The number of anilines is 1. The van der Waals surface area contributed by atoms with E-state index in [2.05, 4.69) is 28.1 Å². The van der Waals surface area contributed by atoms with Crippen molar-refractivity contribution in [3.8, 4) is 0 Å². The summed E-state index contributed by atoms with van der Waals surface area (Å²) in [5, 5.41) is 10.1. The molecule has 1 saturated heterocycles. The number of phosphoric acid groups is 3. The average Bonchev–Trinajstić information content (AvgIpc) is 3.13. The second kappa shape index (κ2) is 8.44. The van der Waals surface area contributed by atoms with Gasteiger partial charge in [-0.1, -0.05) is 0 Å². The molecule has 0 aliphatic carbocycles. The molecule has 1 aliphatic rings. The van der Waals surface area contributed by atoms with Crippen molar-refractivity contribution in [1.82, 2.24) is 19.5 Å². The smallest absolute Gasteiger partial charge is 0.390 e. The SMILES string of the molecule is Nc1nc2c(ncn2[C@@H]2C[C@H](O)[C@H](COP(=O)(O)OP(=O)(O)OP(=O)(O)O)O2)c(=O)[nH]1. The van der Waals surface area contributed by atoms with Crippen LogP contribution < -0.4 is 11.3 Å². The van der Waals surface area contributed by atoms with Gasteiger partial charge in [0.05, 0.1) is 19.0 Å². The molecule has 3 heterocycles. The van der Waals surface area contributed by atoms with Gasteiger partial charge in [0.15, 0.2) is 11.2 Å². The van der Waals surface area contributed by atoms with Crippen molar-refractivity contribution in [3.05, 3.63) is 16.7 Å². The van der Waals surface area contributed by atoms with Crippen LogP contribution >= 0.6 is 23.5 Å². The lowest BCUT2D eigenvalue weighted by Gasteiger charge is -2.19. The lowest BCUT2D eigenvalue weighted by Crippen LogP contribution is -2.26. The van der Waals surface area contributed by atoms with Crippen LogP contribution in [0.15, 0.2) is 11.1 Å². The minimum Gasteiger partial charge on any atom is -0.390 e. The molecule has 3 rings (SSSR count). The maximum Gasteiger partial charge on any atom is 0.490 e. The number of phosphoric ester groups is 1. The molecule has 174 valence electrons. The Morgan fingerprint density at radius 2 is 1.90 bits per heavy atom. The van der Waals surface area contributed by atoms with Gasteiger partial charge in [0.25, 0.3) is 5.56 Å². The molecule has 0 bridgehead atoms. The van der Waals surface area contributed by atoms with Crippen LogP contribution in [0.5, 0.6) is 0 Å². The lowest BCUT2D eigenvalue weighted by atomic mass is 10.2. The minimum atomic E-state index is -5.67. The monoisotopic (exact) mass is 507 g/mol. The molecule has 0 aromatic carbocycles. The maximum atomic E-state index is 11.8. The second-order valence-corrected chi connectivity index (χ2v) is 10.5. The van der Waals surface area contributed by atoms with E-state index in [9.17, 15) is 28.5 Å². The summed E-state index contributed by atoms with van der Waals surface area (Å²) in [7, 11) is -16.6. The van der Waals surface area contributed by atoms with Crippen molar-refractivity contribution in [2.75, 3.05) is 12.3 Å². The molecule has 2 aromatic heterocycles. The molecule has 5 atom stereocenters. The van der Waals surface area contributed by atoms with Gasteiger partial charge in [-0.25, -0.2) is 18.7 Å². The molecule has 1 aliphatic heterocycles. The zero-order chi connectivity index (χ0) is 23.2. The summed E-state index contributed by atoms with van der Waals surface area (Å²) in [6, 6.07) is 0. The summed E-state index contributed by atoms with van der Waals surface area (Å²) < 4.78 is 52.1. The Bertz CT molecular complexity index is 1170.